The zero-order valence-corrected chi connectivity index (χ0v) is 16.6. The predicted octanol–water partition coefficient (Wildman–Crippen LogP) is 6.84. The second kappa shape index (κ2) is 13.3. The summed E-state index contributed by atoms with van der Waals surface area (Å²) >= 11 is 0. The van der Waals surface area contributed by atoms with E-state index in [9.17, 15) is 0 Å². The molecule has 0 fully saturated rings. The van der Waals surface area contributed by atoms with Gasteiger partial charge in [-0.05, 0) is 44.4 Å². The maximum absolute atomic E-state index is 6.09. The molecule has 138 valence electrons. The van der Waals surface area contributed by atoms with Crippen molar-refractivity contribution in [1.82, 2.24) is 5.06 Å². The van der Waals surface area contributed by atoms with Crippen molar-refractivity contribution in [3.63, 3.8) is 0 Å². The average Bonchev–Trinajstić information content (AvgIpc) is 2.59. The van der Waals surface area contributed by atoms with Gasteiger partial charge in [0.1, 0.15) is 0 Å². The van der Waals surface area contributed by atoms with Crippen LogP contribution in [0.15, 0.2) is 18.2 Å². The fourth-order valence-electron chi connectivity index (χ4n) is 3.01. The number of rotatable bonds is 14. The Kier molecular flexibility index (Phi) is 11.6. The van der Waals surface area contributed by atoms with E-state index in [1.54, 1.807) is 0 Å². The lowest BCUT2D eigenvalue weighted by Gasteiger charge is -2.22. The minimum absolute atomic E-state index is 0.935. The van der Waals surface area contributed by atoms with E-state index in [-0.39, 0.29) is 0 Å². The van der Waals surface area contributed by atoms with Crippen LogP contribution >= 0.6 is 0 Å². The van der Waals surface area contributed by atoms with Crippen LogP contribution in [0.5, 0.6) is 5.75 Å². The van der Waals surface area contributed by atoms with Gasteiger partial charge in [-0.1, -0.05) is 76.8 Å². The van der Waals surface area contributed by atoms with Crippen molar-refractivity contribution in [3.05, 3.63) is 29.3 Å². The monoisotopic (exact) mass is 333 g/mol. The van der Waals surface area contributed by atoms with Gasteiger partial charge in [0.05, 0.1) is 0 Å². The third kappa shape index (κ3) is 8.73. The molecule has 0 aliphatic rings. The largest absolute Gasteiger partial charge is 0.406 e. The number of nitrogens with zero attached hydrogens (tertiary/aromatic N) is 1. The lowest BCUT2D eigenvalue weighted by Crippen LogP contribution is -2.28. The Balaban J connectivity index is 2.11. The molecule has 1 aromatic rings. The van der Waals surface area contributed by atoms with Crippen LogP contribution in [-0.4, -0.2) is 18.2 Å². The van der Waals surface area contributed by atoms with Crippen LogP contribution in [0.1, 0.15) is 89.2 Å². The zero-order valence-electron chi connectivity index (χ0n) is 16.6. The number of unbranched alkanes of at least 4 members (excludes halogenated alkanes) is 9. The smallest absolute Gasteiger partial charge is 0.150 e. The molecule has 24 heavy (non-hydrogen) atoms. The highest BCUT2D eigenvalue weighted by atomic mass is 16.7. The molecule has 0 amide bonds. The summed E-state index contributed by atoms with van der Waals surface area (Å²) in [6.07, 6.45) is 13.8. The van der Waals surface area contributed by atoms with Crippen LogP contribution in [0, 0.1) is 13.8 Å². The maximum atomic E-state index is 6.09. The SMILES string of the molecule is CCCCCCCCCCCCN(CC)Oc1cccc(C)c1C. The van der Waals surface area contributed by atoms with Crippen LogP contribution in [0.2, 0.25) is 0 Å². The van der Waals surface area contributed by atoms with Crippen molar-refractivity contribution in [1.29, 1.82) is 0 Å². The zero-order chi connectivity index (χ0) is 17.6. The molecule has 0 radical (unpaired) electrons. The highest BCUT2D eigenvalue weighted by molar-refractivity contribution is 5.37. The van der Waals surface area contributed by atoms with Crippen molar-refractivity contribution < 1.29 is 4.84 Å². The number of hydrogen-bond donors (Lipinski definition) is 0. The molecule has 0 heterocycles. The van der Waals surface area contributed by atoms with Crippen molar-refractivity contribution in [2.75, 3.05) is 13.1 Å². The van der Waals surface area contributed by atoms with E-state index in [2.05, 4.69) is 51.0 Å². The summed E-state index contributed by atoms with van der Waals surface area (Å²) in [4.78, 5) is 6.09. The molecule has 0 unspecified atom stereocenters. The second-order valence-corrected chi connectivity index (χ2v) is 6.99. The van der Waals surface area contributed by atoms with Crippen molar-refractivity contribution in [2.24, 2.45) is 0 Å². The van der Waals surface area contributed by atoms with Gasteiger partial charge in [0.15, 0.2) is 5.75 Å². The Morgan fingerprint density at radius 1 is 0.792 bits per heavy atom. The first-order chi connectivity index (χ1) is 11.7. The topological polar surface area (TPSA) is 12.5 Å². The average molecular weight is 334 g/mol. The van der Waals surface area contributed by atoms with E-state index >= 15 is 0 Å². The van der Waals surface area contributed by atoms with Crippen molar-refractivity contribution in [2.45, 2.75) is 91.9 Å². The van der Waals surface area contributed by atoms with E-state index < -0.39 is 0 Å². The molecule has 0 aliphatic carbocycles. The Morgan fingerprint density at radius 2 is 1.38 bits per heavy atom. The van der Waals surface area contributed by atoms with Gasteiger partial charge in [0, 0.05) is 13.1 Å². The van der Waals surface area contributed by atoms with Crippen LogP contribution in [-0.2, 0) is 0 Å². The molecule has 0 atom stereocenters. The fourth-order valence-corrected chi connectivity index (χ4v) is 3.01. The standard InChI is InChI=1S/C22H39NO/c1-5-7-8-9-10-11-12-13-14-15-19-23(6-2)24-22-18-16-17-20(3)21(22)4/h16-18H,5-15,19H2,1-4H3. The first kappa shape index (κ1) is 21.0. The van der Waals surface area contributed by atoms with Crippen LogP contribution in [0.4, 0.5) is 0 Å². The molecule has 1 aromatic carbocycles. The molecule has 0 bridgehead atoms. The summed E-state index contributed by atoms with van der Waals surface area (Å²) in [6, 6.07) is 6.29. The van der Waals surface area contributed by atoms with Crippen molar-refractivity contribution >= 4 is 0 Å². The van der Waals surface area contributed by atoms with Gasteiger partial charge in [0.2, 0.25) is 0 Å². The summed E-state index contributed by atoms with van der Waals surface area (Å²) in [7, 11) is 0. The highest BCUT2D eigenvalue weighted by Gasteiger charge is 2.08. The van der Waals surface area contributed by atoms with Gasteiger partial charge in [-0.15, -0.1) is 5.06 Å². The Morgan fingerprint density at radius 3 is 1.96 bits per heavy atom. The predicted molar refractivity (Wildman–Crippen MR) is 106 cm³/mol. The molecule has 2 heteroatoms. The Hall–Kier alpha value is -1.02. The fraction of sp³-hybridized carbons (Fsp3) is 0.727. The normalized spacial score (nSPS) is 11.2. The quantitative estimate of drug-likeness (QED) is 0.273. The van der Waals surface area contributed by atoms with Crippen LogP contribution < -0.4 is 4.84 Å². The van der Waals surface area contributed by atoms with Gasteiger partial charge in [0.25, 0.3) is 0 Å². The van der Waals surface area contributed by atoms with Crippen LogP contribution in [0.25, 0.3) is 0 Å². The lowest BCUT2D eigenvalue weighted by atomic mass is 10.1. The number of hydroxylamine groups is 2. The third-order valence-corrected chi connectivity index (χ3v) is 4.90. The molecule has 0 saturated carbocycles. The third-order valence-electron chi connectivity index (χ3n) is 4.90. The summed E-state index contributed by atoms with van der Waals surface area (Å²) in [5.41, 5.74) is 2.54. The molecule has 0 aliphatic heterocycles. The Labute approximate surface area is 150 Å². The molecular formula is C22H39NO. The molecule has 2 nitrogen and oxygen atoms in total. The van der Waals surface area contributed by atoms with Gasteiger partial charge in [-0.25, -0.2) is 0 Å². The first-order valence-corrected chi connectivity index (χ1v) is 10.2. The minimum atomic E-state index is 0.935. The second-order valence-electron chi connectivity index (χ2n) is 6.99. The first-order valence-electron chi connectivity index (χ1n) is 10.2. The van der Waals surface area contributed by atoms with Crippen molar-refractivity contribution in [3.8, 4) is 5.75 Å². The number of benzene rings is 1. The summed E-state index contributed by atoms with van der Waals surface area (Å²) in [5, 5.41) is 2.10. The molecular weight excluding hydrogens is 294 g/mol. The van der Waals surface area contributed by atoms with E-state index in [1.807, 2.05) is 0 Å². The minimum Gasteiger partial charge on any atom is -0.406 e. The summed E-state index contributed by atoms with van der Waals surface area (Å²) in [5.74, 6) is 1.00. The Bertz CT molecular complexity index is 430. The maximum Gasteiger partial charge on any atom is 0.150 e. The van der Waals surface area contributed by atoms with Gasteiger partial charge < -0.3 is 4.84 Å². The molecule has 0 spiro atoms. The van der Waals surface area contributed by atoms with Gasteiger partial charge >= 0.3 is 0 Å². The summed E-state index contributed by atoms with van der Waals surface area (Å²) < 4.78 is 0. The van der Waals surface area contributed by atoms with E-state index in [1.165, 1.54) is 75.3 Å². The number of aryl methyl sites for hydroxylation is 1. The highest BCUT2D eigenvalue weighted by Crippen LogP contribution is 2.21. The molecule has 0 aromatic heterocycles. The van der Waals surface area contributed by atoms with E-state index in [0.29, 0.717) is 0 Å². The lowest BCUT2D eigenvalue weighted by molar-refractivity contribution is -0.0554. The van der Waals surface area contributed by atoms with Gasteiger partial charge in [-0.3, -0.25) is 0 Å². The van der Waals surface area contributed by atoms with Crippen LogP contribution in [0.3, 0.4) is 0 Å². The molecule has 0 saturated heterocycles. The van der Waals surface area contributed by atoms with E-state index in [0.717, 1.165) is 18.8 Å². The number of hydrogen-bond acceptors (Lipinski definition) is 2. The molecule has 1 rings (SSSR count). The molecule has 0 N–H and O–H groups in total. The van der Waals surface area contributed by atoms with Gasteiger partial charge in [-0.2, -0.15) is 0 Å². The summed E-state index contributed by atoms with van der Waals surface area (Å²) in [6.45, 7) is 10.7. The van der Waals surface area contributed by atoms with E-state index in [4.69, 9.17) is 4.84 Å².